The molecule has 32 heavy (non-hydrogen) atoms. The van der Waals surface area contributed by atoms with E-state index < -0.39 is 33.2 Å². The lowest BCUT2D eigenvalue weighted by Gasteiger charge is -2.19. The van der Waals surface area contributed by atoms with Crippen LogP contribution in [0.4, 0.5) is 0 Å². The van der Waals surface area contributed by atoms with Crippen molar-refractivity contribution in [2.75, 3.05) is 19.8 Å². The zero-order valence-electron chi connectivity index (χ0n) is 19.6. The average molecular weight is 478 g/mol. The number of allylic oxidation sites excluding steroid dienone is 4. The molecule has 0 rings (SSSR count). The van der Waals surface area contributed by atoms with E-state index in [1.165, 1.54) is 25.7 Å². The van der Waals surface area contributed by atoms with Crippen LogP contribution in [0.3, 0.4) is 0 Å². The summed E-state index contributed by atoms with van der Waals surface area (Å²) in [6.07, 6.45) is 18.4. The first kappa shape index (κ1) is 31.1. The van der Waals surface area contributed by atoms with Crippen LogP contribution in [0.2, 0.25) is 0 Å². The zero-order chi connectivity index (χ0) is 24.1. The Morgan fingerprint density at radius 2 is 1.59 bits per heavy atom. The number of ketones is 1. The van der Waals surface area contributed by atoms with E-state index in [-0.39, 0.29) is 18.7 Å². The summed E-state index contributed by atoms with van der Waals surface area (Å²) in [4.78, 5) is 21.8. The summed E-state index contributed by atoms with van der Waals surface area (Å²) in [6.45, 7) is 0.770. The standard InChI is InChI=1S/C23H44NO7P/c1-2-3-4-5-6-7-8-9-10-11-12-13-14-15-16-17-22(27)23(18-24)31-32(28,29)30-20-21(26)19-25/h6-7,9-10,21,23,25-26H,2-5,8,11-20,24H2,1H3,(H,28,29)/b7-6-,10-9-/t21-,23?/m1/s1. The van der Waals surface area contributed by atoms with Gasteiger partial charge in [-0.25, -0.2) is 4.57 Å². The molecule has 0 heterocycles. The summed E-state index contributed by atoms with van der Waals surface area (Å²) in [5.74, 6) is -0.348. The first-order valence-electron chi connectivity index (χ1n) is 11.8. The molecule has 2 unspecified atom stereocenters. The highest BCUT2D eigenvalue weighted by Gasteiger charge is 2.30. The molecule has 0 fully saturated rings. The minimum absolute atomic E-state index is 0.214. The number of hydrogen-bond acceptors (Lipinski definition) is 7. The maximum absolute atomic E-state index is 12.2. The van der Waals surface area contributed by atoms with Gasteiger partial charge in [0.05, 0.1) is 13.2 Å². The molecular weight excluding hydrogens is 433 g/mol. The quantitative estimate of drug-likeness (QED) is 0.103. The molecule has 0 saturated heterocycles. The molecule has 0 amide bonds. The van der Waals surface area contributed by atoms with Crippen molar-refractivity contribution in [2.24, 2.45) is 5.73 Å². The Balaban J connectivity index is 3.83. The Hall–Kier alpha value is -0.860. The predicted molar refractivity (Wildman–Crippen MR) is 127 cm³/mol. The average Bonchev–Trinajstić information content (AvgIpc) is 2.78. The lowest BCUT2D eigenvalue weighted by atomic mass is 10.1. The third-order valence-corrected chi connectivity index (χ3v) is 5.84. The molecule has 188 valence electrons. The molecule has 0 aliphatic heterocycles. The molecule has 0 aromatic rings. The highest BCUT2D eigenvalue weighted by molar-refractivity contribution is 7.47. The molecule has 0 aromatic carbocycles. The summed E-state index contributed by atoms with van der Waals surface area (Å²) in [5, 5.41) is 17.9. The monoisotopic (exact) mass is 477 g/mol. The smallest absolute Gasteiger partial charge is 0.394 e. The van der Waals surface area contributed by atoms with E-state index in [0.717, 1.165) is 38.5 Å². The second-order valence-corrected chi connectivity index (χ2v) is 9.28. The van der Waals surface area contributed by atoms with Crippen molar-refractivity contribution in [1.29, 1.82) is 0 Å². The predicted octanol–water partition coefficient (Wildman–Crippen LogP) is 4.18. The first-order chi connectivity index (χ1) is 15.4. The topological polar surface area (TPSA) is 139 Å². The number of phosphoric acid groups is 1. The van der Waals surface area contributed by atoms with Crippen molar-refractivity contribution in [3.63, 3.8) is 0 Å². The van der Waals surface area contributed by atoms with Crippen LogP contribution in [0.5, 0.6) is 0 Å². The SMILES string of the molecule is CCCCC/C=C\C/C=C\CCCCCCCC(=O)C(CN)OP(=O)(O)OC[C@H](O)CO. The van der Waals surface area contributed by atoms with Crippen LogP contribution in [-0.2, 0) is 18.4 Å². The number of rotatable bonds is 22. The fraction of sp³-hybridized carbons (Fsp3) is 0.783. The molecule has 0 saturated carbocycles. The van der Waals surface area contributed by atoms with Gasteiger partial charge >= 0.3 is 7.82 Å². The molecule has 0 aliphatic rings. The Morgan fingerprint density at radius 1 is 1.00 bits per heavy atom. The third-order valence-electron chi connectivity index (χ3n) is 4.85. The van der Waals surface area contributed by atoms with Gasteiger partial charge in [-0.05, 0) is 38.5 Å². The van der Waals surface area contributed by atoms with Crippen LogP contribution in [0.1, 0.15) is 84.0 Å². The van der Waals surface area contributed by atoms with Crippen molar-refractivity contribution in [1.82, 2.24) is 0 Å². The van der Waals surface area contributed by atoms with Gasteiger partial charge in [-0.15, -0.1) is 0 Å². The van der Waals surface area contributed by atoms with Gasteiger partial charge in [0.2, 0.25) is 0 Å². The number of phosphoric ester groups is 1. The number of aliphatic hydroxyl groups is 2. The lowest BCUT2D eigenvalue weighted by molar-refractivity contribution is -0.126. The van der Waals surface area contributed by atoms with Gasteiger partial charge in [-0.2, -0.15) is 0 Å². The molecular formula is C23H44NO7P. The number of nitrogens with two attached hydrogens (primary N) is 1. The Morgan fingerprint density at radius 3 is 2.19 bits per heavy atom. The molecule has 0 aromatic heterocycles. The summed E-state index contributed by atoms with van der Waals surface area (Å²) in [5.41, 5.74) is 5.49. The number of aliphatic hydroxyl groups excluding tert-OH is 2. The Bertz CT molecular complexity index is 569. The van der Waals surface area contributed by atoms with Gasteiger partial charge in [0.1, 0.15) is 12.2 Å². The van der Waals surface area contributed by atoms with Gasteiger partial charge in [0.15, 0.2) is 5.78 Å². The number of Topliss-reactive ketones (excluding diaryl/α,β-unsaturated/α-hetero) is 1. The van der Waals surface area contributed by atoms with Gasteiger partial charge in [0, 0.05) is 13.0 Å². The second-order valence-electron chi connectivity index (χ2n) is 7.88. The van der Waals surface area contributed by atoms with Crippen molar-refractivity contribution in [3.05, 3.63) is 24.3 Å². The van der Waals surface area contributed by atoms with Crippen LogP contribution in [0.15, 0.2) is 24.3 Å². The molecule has 5 N–H and O–H groups in total. The van der Waals surface area contributed by atoms with Crippen molar-refractivity contribution >= 4 is 13.6 Å². The van der Waals surface area contributed by atoms with E-state index in [0.29, 0.717) is 6.42 Å². The van der Waals surface area contributed by atoms with Crippen LogP contribution in [-0.4, -0.2) is 52.9 Å². The second kappa shape index (κ2) is 20.7. The maximum atomic E-state index is 12.2. The molecule has 0 bridgehead atoms. The van der Waals surface area contributed by atoms with E-state index in [1.807, 2.05) is 0 Å². The van der Waals surface area contributed by atoms with Gasteiger partial charge in [0.25, 0.3) is 0 Å². The summed E-state index contributed by atoms with van der Waals surface area (Å²) < 4.78 is 21.2. The van der Waals surface area contributed by atoms with E-state index in [2.05, 4.69) is 35.8 Å². The molecule has 0 radical (unpaired) electrons. The normalized spacial score (nSPS) is 15.9. The van der Waals surface area contributed by atoms with Crippen LogP contribution in [0, 0.1) is 0 Å². The van der Waals surface area contributed by atoms with E-state index in [4.69, 9.17) is 20.5 Å². The van der Waals surface area contributed by atoms with Crippen LogP contribution in [0.25, 0.3) is 0 Å². The van der Waals surface area contributed by atoms with E-state index in [9.17, 15) is 14.3 Å². The fourth-order valence-corrected chi connectivity index (χ4v) is 3.88. The first-order valence-corrected chi connectivity index (χ1v) is 13.3. The Kier molecular flexibility index (Phi) is 20.2. The van der Waals surface area contributed by atoms with Gasteiger partial charge in [-0.3, -0.25) is 13.8 Å². The maximum Gasteiger partial charge on any atom is 0.473 e. The van der Waals surface area contributed by atoms with Crippen molar-refractivity contribution in [2.45, 2.75) is 96.2 Å². The number of carbonyl (C=O) groups is 1. The third kappa shape index (κ3) is 18.7. The van der Waals surface area contributed by atoms with E-state index >= 15 is 0 Å². The molecule has 9 heteroatoms. The van der Waals surface area contributed by atoms with Crippen LogP contribution >= 0.6 is 7.82 Å². The fourth-order valence-electron chi connectivity index (χ4n) is 2.93. The zero-order valence-corrected chi connectivity index (χ0v) is 20.5. The molecule has 8 nitrogen and oxygen atoms in total. The lowest BCUT2D eigenvalue weighted by Crippen LogP contribution is -2.32. The summed E-state index contributed by atoms with van der Waals surface area (Å²) in [6, 6.07) is 0. The molecule has 0 aliphatic carbocycles. The van der Waals surface area contributed by atoms with E-state index in [1.54, 1.807) is 0 Å². The molecule has 0 spiro atoms. The largest absolute Gasteiger partial charge is 0.473 e. The minimum atomic E-state index is -4.54. The number of hydrogen-bond donors (Lipinski definition) is 4. The summed E-state index contributed by atoms with van der Waals surface area (Å²) >= 11 is 0. The van der Waals surface area contributed by atoms with Crippen LogP contribution < -0.4 is 5.73 Å². The molecule has 3 atom stereocenters. The number of unbranched alkanes of at least 4 members (excludes halogenated alkanes) is 8. The van der Waals surface area contributed by atoms with Crippen molar-refractivity contribution in [3.8, 4) is 0 Å². The minimum Gasteiger partial charge on any atom is -0.394 e. The highest BCUT2D eigenvalue weighted by atomic mass is 31.2. The van der Waals surface area contributed by atoms with Crippen molar-refractivity contribution < 1.29 is 33.5 Å². The van der Waals surface area contributed by atoms with Gasteiger partial charge in [-0.1, -0.05) is 63.3 Å². The van der Waals surface area contributed by atoms with Gasteiger partial charge < -0.3 is 20.8 Å². The number of carbonyl (C=O) groups excluding carboxylic acids is 1. The summed E-state index contributed by atoms with van der Waals surface area (Å²) in [7, 11) is -4.54. The highest BCUT2D eigenvalue weighted by Crippen LogP contribution is 2.44. The Labute approximate surface area is 193 Å².